The van der Waals surface area contributed by atoms with Crippen molar-refractivity contribution in [3.8, 4) is 5.75 Å². The van der Waals surface area contributed by atoms with Gasteiger partial charge in [0.05, 0.1) is 6.10 Å². The Morgan fingerprint density at radius 3 is 2.69 bits per heavy atom. The molecule has 3 heteroatoms. The molecule has 0 aliphatic carbocycles. The Hall–Kier alpha value is -1.22. The zero-order valence-electron chi connectivity index (χ0n) is 10.7. The summed E-state index contributed by atoms with van der Waals surface area (Å²) < 4.78 is 5.63. The van der Waals surface area contributed by atoms with Gasteiger partial charge in [-0.25, -0.2) is 0 Å². The van der Waals surface area contributed by atoms with E-state index in [0.717, 1.165) is 24.5 Å². The first-order valence-corrected chi connectivity index (χ1v) is 5.73. The predicted molar refractivity (Wildman–Crippen MR) is 69.2 cm³/mol. The summed E-state index contributed by atoms with van der Waals surface area (Å²) in [5, 5.41) is 3.37. The lowest BCUT2D eigenvalue weighted by Gasteiger charge is -2.13. The number of benzene rings is 1. The first-order valence-electron chi connectivity index (χ1n) is 5.73. The Morgan fingerprint density at radius 1 is 1.31 bits per heavy atom. The summed E-state index contributed by atoms with van der Waals surface area (Å²) in [6.45, 7) is 6.03. The molecule has 0 spiro atoms. The van der Waals surface area contributed by atoms with E-state index < -0.39 is 0 Å². The van der Waals surface area contributed by atoms with Crippen molar-refractivity contribution in [3.05, 3.63) is 24.3 Å². The maximum absolute atomic E-state index is 5.63. The number of ether oxygens (including phenoxy) is 1. The highest BCUT2D eigenvalue weighted by molar-refractivity contribution is 5.48. The zero-order valence-corrected chi connectivity index (χ0v) is 10.7. The minimum Gasteiger partial charge on any atom is -0.491 e. The van der Waals surface area contributed by atoms with Gasteiger partial charge in [0, 0.05) is 24.8 Å². The summed E-state index contributed by atoms with van der Waals surface area (Å²) in [5.41, 5.74) is 1.11. The van der Waals surface area contributed by atoms with Crippen molar-refractivity contribution in [1.29, 1.82) is 0 Å². The molecule has 0 fully saturated rings. The number of nitrogens with one attached hydrogen (secondary N) is 1. The SMILES string of the molecule is CC(C)Oc1cccc(NCCN(C)C)c1. The summed E-state index contributed by atoms with van der Waals surface area (Å²) in [4.78, 5) is 2.15. The second kappa shape index (κ2) is 6.38. The van der Waals surface area contributed by atoms with Crippen LogP contribution in [-0.4, -0.2) is 38.2 Å². The van der Waals surface area contributed by atoms with Gasteiger partial charge in [-0.3, -0.25) is 0 Å². The van der Waals surface area contributed by atoms with Crippen LogP contribution in [0.25, 0.3) is 0 Å². The fourth-order valence-corrected chi connectivity index (χ4v) is 1.38. The van der Waals surface area contributed by atoms with Crippen molar-refractivity contribution in [2.75, 3.05) is 32.5 Å². The van der Waals surface area contributed by atoms with E-state index >= 15 is 0 Å². The molecular formula is C13H22N2O. The molecular weight excluding hydrogens is 200 g/mol. The van der Waals surface area contributed by atoms with E-state index in [0.29, 0.717) is 0 Å². The molecule has 0 aliphatic rings. The minimum absolute atomic E-state index is 0.219. The third-order valence-electron chi connectivity index (χ3n) is 2.09. The predicted octanol–water partition coefficient (Wildman–Crippen LogP) is 2.45. The van der Waals surface area contributed by atoms with Crippen molar-refractivity contribution in [1.82, 2.24) is 4.90 Å². The highest BCUT2D eigenvalue weighted by Gasteiger charge is 1.99. The Kier molecular flexibility index (Phi) is 5.12. The van der Waals surface area contributed by atoms with Crippen LogP contribution in [0, 0.1) is 0 Å². The monoisotopic (exact) mass is 222 g/mol. The van der Waals surface area contributed by atoms with Gasteiger partial charge in [0.2, 0.25) is 0 Å². The second-order valence-corrected chi connectivity index (χ2v) is 4.42. The lowest BCUT2D eigenvalue weighted by molar-refractivity contribution is 0.242. The van der Waals surface area contributed by atoms with Crippen LogP contribution in [0.4, 0.5) is 5.69 Å². The molecule has 0 aliphatic heterocycles. The first kappa shape index (κ1) is 12.8. The summed E-state index contributed by atoms with van der Waals surface area (Å²) in [7, 11) is 4.14. The number of likely N-dealkylation sites (N-methyl/N-ethyl adjacent to an activating group) is 1. The molecule has 90 valence electrons. The van der Waals surface area contributed by atoms with Crippen LogP contribution in [0.1, 0.15) is 13.8 Å². The molecule has 0 aromatic heterocycles. The fourth-order valence-electron chi connectivity index (χ4n) is 1.38. The van der Waals surface area contributed by atoms with Gasteiger partial charge in [-0.2, -0.15) is 0 Å². The van der Waals surface area contributed by atoms with Crippen molar-refractivity contribution < 1.29 is 4.74 Å². The smallest absolute Gasteiger partial charge is 0.121 e. The van der Waals surface area contributed by atoms with Gasteiger partial charge in [-0.15, -0.1) is 0 Å². The molecule has 0 radical (unpaired) electrons. The Labute approximate surface area is 98.4 Å². The molecule has 3 nitrogen and oxygen atoms in total. The van der Waals surface area contributed by atoms with E-state index in [1.165, 1.54) is 0 Å². The van der Waals surface area contributed by atoms with Crippen molar-refractivity contribution in [2.24, 2.45) is 0 Å². The topological polar surface area (TPSA) is 24.5 Å². The van der Waals surface area contributed by atoms with Crippen LogP contribution < -0.4 is 10.1 Å². The standard InChI is InChI=1S/C13H22N2O/c1-11(2)16-13-7-5-6-12(10-13)14-8-9-15(3)4/h5-7,10-11,14H,8-9H2,1-4H3. The van der Waals surface area contributed by atoms with Crippen molar-refractivity contribution >= 4 is 5.69 Å². The van der Waals surface area contributed by atoms with Crippen LogP contribution in [0.2, 0.25) is 0 Å². The molecule has 1 N–H and O–H groups in total. The van der Waals surface area contributed by atoms with Crippen LogP contribution in [0.3, 0.4) is 0 Å². The summed E-state index contributed by atoms with van der Waals surface area (Å²) in [6.07, 6.45) is 0.219. The third kappa shape index (κ3) is 5.03. The zero-order chi connectivity index (χ0) is 12.0. The third-order valence-corrected chi connectivity index (χ3v) is 2.09. The lowest BCUT2D eigenvalue weighted by atomic mass is 10.3. The molecule has 0 bridgehead atoms. The quantitative estimate of drug-likeness (QED) is 0.800. The fraction of sp³-hybridized carbons (Fsp3) is 0.538. The molecule has 0 heterocycles. The molecule has 1 aromatic rings. The van der Waals surface area contributed by atoms with Crippen LogP contribution >= 0.6 is 0 Å². The van der Waals surface area contributed by atoms with Crippen molar-refractivity contribution in [2.45, 2.75) is 20.0 Å². The lowest BCUT2D eigenvalue weighted by Crippen LogP contribution is -2.20. The average Bonchev–Trinajstić information content (AvgIpc) is 2.16. The van der Waals surface area contributed by atoms with Crippen LogP contribution in [0.5, 0.6) is 5.75 Å². The van der Waals surface area contributed by atoms with E-state index in [4.69, 9.17) is 4.74 Å². The molecule has 1 aromatic carbocycles. The highest BCUT2D eigenvalue weighted by atomic mass is 16.5. The largest absolute Gasteiger partial charge is 0.491 e. The normalized spacial score (nSPS) is 10.9. The second-order valence-electron chi connectivity index (χ2n) is 4.42. The molecule has 0 atom stereocenters. The van der Waals surface area contributed by atoms with Gasteiger partial charge in [0.1, 0.15) is 5.75 Å². The summed E-state index contributed by atoms with van der Waals surface area (Å²) in [6, 6.07) is 8.09. The molecule has 0 saturated heterocycles. The summed E-state index contributed by atoms with van der Waals surface area (Å²) in [5.74, 6) is 0.921. The van der Waals surface area contributed by atoms with Gasteiger partial charge >= 0.3 is 0 Å². The molecule has 16 heavy (non-hydrogen) atoms. The molecule has 1 rings (SSSR count). The highest BCUT2D eigenvalue weighted by Crippen LogP contribution is 2.18. The first-order chi connectivity index (χ1) is 7.58. The minimum atomic E-state index is 0.219. The number of anilines is 1. The average molecular weight is 222 g/mol. The van der Waals surface area contributed by atoms with E-state index in [9.17, 15) is 0 Å². The number of hydrogen-bond acceptors (Lipinski definition) is 3. The van der Waals surface area contributed by atoms with E-state index in [1.807, 2.05) is 32.0 Å². The number of rotatable bonds is 6. The van der Waals surface area contributed by atoms with Crippen molar-refractivity contribution in [3.63, 3.8) is 0 Å². The molecule has 0 amide bonds. The van der Waals surface area contributed by atoms with Gasteiger partial charge in [0.25, 0.3) is 0 Å². The van der Waals surface area contributed by atoms with E-state index in [-0.39, 0.29) is 6.10 Å². The number of hydrogen-bond donors (Lipinski definition) is 1. The summed E-state index contributed by atoms with van der Waals surface area (Å²) >= 11 is 0. The maximum Gasteiger partial charge on any atom is 0.121 e. The Balaban J connectivity index is 2.47. The Morgan fingerprint density at radius 2 is 2.06 bits per heavy atom. The van der Waals surface area contributed by atoms with Crippen LogP contribution in [-0.2, 0) is 0 Å². The van der Waals surface area contributed by atoms with Gasteiger partial charge in [0.15, 0.2) is 0 Å². The van der Waals surface area contributed by atoms with E-state index in [1.54, 1.807) is 0 Å². The van der Waals surface area contributed by atoms with Gasteiger partial charge < -0.3 is 15.0 Å². The van der Waals surface area contributed by atoms with Gasteiger partial charge in [-0.1, -0.05) is 6.07 Å². The van der Waals surface area contributed by atoms with E-state index in [2.05, 4.69) is 30.4 Å². The van der Waals surface area contributed by atoms with Gasteiger partial charge in [-0.05, 0) is 40.1 Å². The maximum atomic E-state index is 5.63. The van der Waals surface area contributed by atoms with Crippen LogP contribution in [0.15, 0.2) is 24.3 Å². The number of nitrogens with zero attached hydrogens (tertiary/aromatic N) is 1. The Bertz CT molecular complexity index is 311. The molecule has 0 saturated carbocycles. The molecule has 0 unspecified atom stereocenters.